The van der Waals surface area contributed by atoms with E-state index in [-0.39, 0.29) is 12.3 Å². The van der Waals surface area contributed by atoms with Crippen molar-refractivity contribution in [2.24, 2.45) is 0 Å². The van der Waals surface area contributed by atoms with Crippen LogP contribution in [0.2, 0.25) is 0 Å². The maximum absolute atomic E-state index is 10.7. The van der Waals surface area contributed by atoms with Crippen molar-refractivity contribution < 1.29 is 10.0 Å². The van der Waals surface area contributed by atoms with E-state index in [1.807, 2.05) is 11.9 Å². The zero-order valence-corrected chi connectivity index (χ0v) is 9.91. The zero-order valence-electron chi connectivity index (χ0n) is 9.91. The third-order valence-electron chi connectivity index (χ3n) is 2.70. The Morgan fingerprint density at radius 3 is 2.83 bits per heavy atom. The largest absolute Gasteiger partial charge is 0.395 e. The van der Waals surface area contributed by atoms with Gasteiger partial charge in [0.2, 0.25) is 0 Å². The summed E-state index contributed by atoms with van der Waals surface area (Å²) in [4.78, 5) is 16.4. The molecule has 1 N–H and O–H groups in total. The van der Waals surface area contributed by atoms with Gasteiger partial charge in [-0.3, -0.25) is 10.1 Å². The molecule has 0 fully saturated rings. The summed E-state index contributed by atoms with van der Waals surface area (Å²) in [6.07, 6.45) is 0. The van der Waals surface area contributed by atoms with Gasteiger partial charge in [0.05, 0.1) is 17.0 Å². The number of rotatable bonds is 4. The monoisotopic (exact) mass is 247 g/mol. The van der Waals surface area contributed by atoms with E-state index in [1.165, 1.54) is 12.1 Å². The number of nitro groups is 1. The molecule has 94 valence electrons. The molecule has 2 rings (SSSR count). The number of benzene rings is 1. The molecule has 6 nitrogen and oxygen atoms in total. The molecule has 0 bridgehead atoms. The van der Waals surface area contributed by atoms with Crippen LogP contribution in [0.5, 0.6) is 0 Å². The highest BCUT2D eigenvalue weighted by atomic mass is 16.6. The standard InChI is InChI=1S/C12H13N3O3/c1-14(6-7-16)12-5-2-9-8-10(15(17)18)3-4-11(9)13-12/h2-5,8,16H,6-7H2,1H3. The van der Waals surface area contributed by atoms with Gasteiger partial charge in [-0.2, -0.15) is 0 Å². The number of aliphatic hydroxyl groups is 1. The summed E-state index contributed by atoms with van der Waals surface area (Å²) in [5, 5.41) is 20.2. The van der Waals surface area contributed by atoms with Crippen LogP contribution in [0.15, 0.2) is 30.3 Å². The highest BCUT2D eigenvalue weighted by Gasteiger charge is 2.08. The van der Waals surface area contributed by atoms with Crippen LogP contribution in [0.1, 0.15) is 0 Å². The van der Waals surface area contributed by atoms with Gasteiger partial charge in [-0.15, -0.1) is 0 Å². The van der Waals surface area contributed by atoms with Crippen LogP contribution in [0.25, 0.3) is 10.9 Å². The Labute approximate surface area is 104 Å². The third kappa shape index (κ3) is 2.38. The van der Waals surface area contributed by atoms with Crippen molar-refractivity contribution in [2.45, 2.75) is 0 Å². The lowest BCUT2D eigenvalue weighted by molar-refractivity contribution is -0.384. The Bertz CT molecular complexity index is 586. The topological polar surface area (TPSA) is 79.5 Å². The van der Waals surface area contributed by atoms with E-state index in [1.54, 1.807) is 18.2 Å². The number of fused-ring (bicyclic) bond motifs is 1. The fourth-order valence-electron chi connectivity index (χ4n) is 1.69. The molecule has 2 aromatic rings. The summed E-state index contributed by atoms with van der Waals surface area (Å²) in [6, 6.07) is 8.13. The molecule has 0 aliphatic rings. The molecule has 1 heterocycles. The summed E-state index contributed by atoms with van der Waals surface area (Å²) in [5.74, 6) is 0.727. The van der Waals surface area contributed by atoms with E-state index >= 15 is 0 Å². The molecule has 0 aliphatic heterocycles. The predicted octanol–water partition coefficient (Wildman–Crippen LogP) is 1.57. The van der Waals surface area contributed by atoms with E-state index in [9.17, 15) is 10.1 Å². The number of aromatic nitrogens is 1. The Balaban J connectivity index is 2.41. The number of likely N-dealkylation sites (N-methyl/N-ethyl adjacent to an activating group) is 1. The first kappa shape index (κ1) is 12.3. The lowest BCUT2D eigenvalue weighted by Crippen LogP contribution is -2.22. The molecule has 0 spiro atoms. The predicted molar refractivity (Wildman–Crippen MR) is 68.8 cm³/mol. The van der Waals surface area contributed by atoms with Crippen molar-refractivity contribution in [3.05, 3.63) is 40.4 Å². The summed E-state index contributed by atoms with van der Waals surface area (Å²) in [5.41, 5.74) is 0.753. The average Bonchev–Trinajstić information content (AvgIpc) is 2.37. The van der Waals surface area contributed by atoms with Gasteiger partial charge in [-0.1, -0.05) is 0 Å². The molecule has 0 atom stereocenters. The molecule has 6 heteroatoms. The van der Waals surface area contributed by atoms with Crippen LogP contribution < -0.4 is 4.90 Å². The molecular formula is C12H13N3O3. The lowest BCUT2D eigenvalue weighted by atomic mass is 10.2. The summed E-state index contributed by atoms with van der Waals surface area (Å²) < 4.78 is 0. The zero-order chi connectivity index (χ0) is 13.1. The number of hydrogen-bond acceptors (Lipinski definition) is 5. The van der Waals surface area contributed by atoms with Gasteiger partial charge in [0.25, 0.3) is 5.69 Å². The molecule has 0 saturated heterocycles. The minimum absolute atomic E-state index is 0.0521. The van der Waals surface area contributed by atoms with Gasteiger partial charge >= 0.3 is 0 Å². The smallest absolute Gasteiger partial charge is 0.270 e. The maximum atomic E-state index is 10.7. The van der Waals surface area contributed by atoms with Crippen LogP contribution in [-0.4, -0.2) is 35.2 Å². The van der Waals surface area contributed by atoms with Gasteiger partial charge in [-0.25, -0.2) is 4.98 Å². The quantitative estimate of drug-likeness (QED) is 0.655. The molecule has 0 radical (unpaired) electrons. The van der Waals surface area contributed by atoms with Crippen molar-refractivity contribution in [2.75, 3.05) is 25.1 Å². The molecular weight excluding hydrogens is 234 g/mol. The maximum Gasteiger partial charge on any atom is 0.270 e. The van der Waals surface area contributed by atoms with Gasteiger partial charge in [0.15, 0.2) is 0 Å². The summed E-state index contributed by atoms with van der Waals surface area (Å²) in [7, 11) is 1.83. The number of non-ortho nitro benzene ring substituents is 1. The first-order valence-electron chi connectivity index (χ1n) is 5.49. The van der Waals surface area contributed by atoms with Crippen LogP contribution in [-0.2, 0) is 0 Å². The number of anilines is 1. The number of nitrogens with zero attached hydrogens (tertiary/aromatic N) is 3. The van der Waals surface area contributed by atoms with Crippen molar-refractivity contribution in [3.63, 3.8) is 0 Å². The van der Waals surface area contributed by atoms with Gasteiger partial charge in [0.1, 0.15) is 5.82 Å². The fraction of sp³-hybridized carbons (Fsp3) is 0.250. The van der Waals surface area contributed by atoms with Gasteiger partial charge in [0, 0.05) is 31.1 Å². The highest BCUT2D eigenvalue weighted by molar-refractivity contribution is 5.82. The molecule has 18 heavy (non-hydrogen) atoms. The molecule has 0 aliphatic carbocycles. The van der Waals surface area contributed by atoms with Crippen molar-refractivity contribution >= 4 is 22.4 Å². The fourth-order valence-corrected chi connectivity index (χ4v) is 1.69. The van der Waals surface area contributed by atoms with E-state index in [0.29, 0.717) is 12.1 Å². The molecule has 0 amide bonds. The summed E-state index contributed by atoms with van der Waals surface area (Å²) >= 11 is 0. The van der Waals surface area contributed by atoms with Crippen LogP contribution in [0.4, 0.5) is 11.5 Å². The van der Waals surface area contributed by atoms with Crippen molar-refractivity contribution in [1.29, 1.82) is 0 Å². The molecule has 0 unspecified atom stereocenters. The van der Waals surface area contributed by atoms with Crippen LogP contribution in [0.3, 0.4) is 0 Å². The average molecular weight is 247 g/mol. The minimum Gasteiger partial charge on any atom is -0.395 e. The minimum atomic E-state index is -0.425. The lowest BCUT2D eigenvalue weighted by Gasteiger charge is -2.16. The summed E-state index contributed by atoms with van der Waals surface area (Å²) in [6.45, 7) is 0.544. The third-order valence-corrected chi connectivity index (χ3v) is 2.70. The second-order valence-electron chi connectivity index (χ2n) is 3.95. The van der Waals surface area contributed by atoms with Gasteiger partial charge < -0.3 is 10.0 Å². The van der Waals surface area contributed by atoms with E-state index in [4.69, 9.17) is 5.11 Å². The SMILES string of the molecule is CN(CCO)c1ccc2cc([N+](=O)[O-])ccc2n1. The number of pyridine rings is 1. The Morgan fingerprint density at radius 1 is 1.39 bits per heavy atom. The highest BCUT2D eigenvalue weighted by Crippen LogP contribution is 2.21. The van der Waals surface area contributed by atoms with Gasteiger partial charge in [-0.05, 0) is 18.2 Å². The van der Waals surface area contributed by atoms with Crippen LogP contribution >= 0.6 is 0 Å². The molecule has 1 aromatic heterocycles. The Morgan fingerprint density at radius 2 is 2.17 bits per heavy atom. The molecule has 0 saturated carbocycles. The Hall–Kier alpha value is -2.21. The van der Waals surface area contributed by atoms with Crippen molar-refractivity contribution in [1.82, 2.24) is 4.98 Å². The Kier molecular flexibility index (Phi) is 3.38. The van der Waals surface area contributed by atoms with E-state index in [0.717, 1.165) is 11.2 Å². The second-order valence-corrected chi connectivity index (χ2v) is 3.95. The first-order chi connectivity index (χ1) is 8.61. The van der Waals surface area contributed by atoms with Crippen molar-refractivity contribution in [3.8, 4) is 0 Å². The number of aliphatic hydroxyl groups excluding tert-OH is 1. The van der Waals surface area contributed by atoms with E-state index in [2.05, 4.69) is 4.98 Å². The normalized spacial score (nSPS) is 10.6. The number of nitro benzene ring substituents is 1. The number of hydrogen-bond donors (Lipinski definition) is 1. The second kappa shape index (κ2) is 4.97. The first-order valence-corrected chi connectivity index (χ1v) is 5.49. The molecule has 1 aromatic carbocycles. The van der Waals surface area contributed by atoms with E-state index < -0.39 is 4.92 Å². The van der Waals surface area contributed by atoms with Crippen LogP contribution in [0, 0.1) is 10.1 Å².